The molecule has 2 unspecified atom stereocenters. The molecule has 144 valence electrons. The van der Waals surface area contributed by atoms with Crippen LogP contribution >= 0.6 is 0 Å². The molecule has 0 fully saturated rings. The smallest absolute Gasteiger partial charge is 0.224 e. The van der Waals surface area contributed by atoms with Crippen molar-refractivity contribution < 1.29 is 9.00 Å². The largest absolute Gasteiger partial charge is 0.345 e. The minimum absolute atomic E-state index is 0.0653. The summed E-state index contributed by atoms with van der Waals surface area (Å²) in [5.74, 6) is -0.0525. The third kappa shape index (κ3) is 5.17. The molecule has 0 saturated heterocycles. The lowest BCUT2D eigenvalue weighted by atomic mass is 9.97. The monoisotopic (exact) mass is 391 g/mol. The van der Waals surface area contributed by atoms with E-state index in [4.69, 9.17) is 0 Å². The second-order valence-corrected chi connectivity index (χ2v) is 8.19. The van der Waals surface area contributed by atoms with Crippen LogP contribution in [0.4, 0.5) is 0 Å². The van der Waals surface area contributed by atoms with Gasteiger partial charge in [-0.15, -0.1) is 0 Å². The Kier molecular flexibility index (Phi) is 7.15. The number of hydrogen-bond donors (Lipinski definition) is 1. The van der Waals surface area contributed by atoms with E-state index in [0.717, 1.165) is 16.0 Å². The van der Waals surface area contributed by atoms with Crippen LogP contribution in [-0.2, 0) is 15.6 Å². The number of benzene rings is 3. The van der Waals surface area contributed by atoms with Crippen molar-refractivity contribution >= 4 is 16.7 Å². The van der Waals surface area contributed by atoms with Crippen LogP contribution in [0, 0.1) is 5.92 Å². The molecular weight excluding hydrogens is 366 g/mol. The van der Waals surface area contributed by atoms with Crippen molar-refractivity contribution in [2.24, 2.45) is 5.92 Å². The molecular formula is C24H25NO2S. The van der Waals surface area contributed by atoms with Gasteiger partial charge in [0.15, 0.2) is 0 Å². The Morgan fingerprint density at radius 3 is 1.75 bits per heavy atom. The van der Waals surface area contributed by atoms with E-state index < -0.39 is 10.8 Å². The van der Waals surface area contributed by atoms with E-state index in [2.05, 4.69) is 5.32 Å². The Morgan fingerprint density at radius 2 is 1.29 bits per heavy atom. The SMILES string of the molecule is CCC(CS(=O)c1ccccc1)C(=O)NC(c1ccccc1)c1ccccc1. The number of carbonyl (C=O) groups excluding carboxylic acids is 1. The molecule has 1 amide bonds. The first kappa shape index (κ1) is 20.0. The molecule has 0 radical (unpaired) electrons. The summed E-state index contributed by atoms with van der Waals surface area (Å²) in [6.45, 7) is 1.96. The fourth-order valence-electron chi connectivity index (χ4n) is 3.14. The van der Waals surface area contributed by atoms with Gasteiger partial charge in [0.2, 0.25) is 5.91 Å². The maximum Gasteiger partial charge on any atom is 0.224 e. The summed E-state index contributed by atoms with van der Waals surface area (Å²) in [6.07, 6.45) is 0.640. The van der Waals surface area contributed by atoms with Gasteiger partial charge in [0.05, 0.1) is 16.8 Å². The zero-order valence-electron chi connectivity index (χ0n) is 16.0. The van der Waals surface area contributed by atoms with Crippen molar-refractivity contribution in [1.82, 2.24) is 5.32 Å². The topological polar surface area (TPSA) is 46.2 Å². The minimum Gasteiger partial charge on any atom is -0.345 e. The normalized spacial score (nSPS) is 13.1. The lowest BCUT2D eigenvalue weighted by Gasteiger charge is -2.23. The zero-order valence-corrected chi connectivity index (χ0v) is 16.8. The molecule has 3 nitrogen and oxygen atoms in total. The van der Waals surface area contributed by atoms with E-state index in [1.54, 1.807) is 0 Å². The van der Waals surface area contributed by atoms with Gasteiger partial charge < -0.3 is 5.32 Å². The zero-order chi connectivity index (χ0) is 19.8. The summed E-state index contributed by atoms with van der Waals surface area (Å²) < 4.78 is 12.7. The van der Waals surface area contributed by atoms with E-state index >= 15 is 0 Å². The average Bonchev–Trinajstić information content (AvgIpc) is 2.77. The predicted molar refractivity (Wildman–Crippen MR) is 114 cm³/mol. The van der Waals surface area contributed by atoms with E-state index in [-0.39, 0.29) is 17.9 Å². The molecule has 0 aromatic heterocycles. The van der Waals surface area contributed by atoms with Crippen molar-refractivity contribution in [2.75, 3.05) is 5.75 Å². The highest BCUT2D eigenvalue weighted by Gasteiger charge is 2.24. The van der Waals surface area contributed by atoms with Gasteiger partial charge in [-0.25, -0.2) is 0 Å². The first-order valence-corrected chi connectivity index (χ1v) is 10.8. The van der Waals surface area contributed by atoms with Crippen molar-refractivity contribution in [3.8, 4) is 0 Å². The third-order valence-corrected chi connectivity index (χ3v) is 6.28. The molecule has 0 aliphatic heterocycles. The van der Waals surface area contributed by atoms with Gasteiger partial charge in [-0.2, -0.15) is 0 Å². The van der Waals surface area contributed by atoms with Gasteiger partial charge in [-0.05, 0) is 29.7 Å². The molecule has 0 heterocycles. The molecule has 28 heavy (non-hydrogen) atoms. The number of nitrogens with one attached hydrogen (secondary N) is 1. The summed E-state index contributed by atoms with van der Waals surface area (Å²) in [7, 11) is -1.20. The van der Waals surface area contributed by atoms with E-state index in [0.29, 0.717) is 12.2 Å². The van der Waals surface area contributed by atoms with E-state index in [9.17, 15) is 9.00 Å². The molecule has 3 rings (SSSR count). The number of amides is 1. The van der Waals surface area contributed by atoms with Gasteiger partial charge in [0, 0.05) is 16.6 Å². The molecule has 2 atom stereocenters. The molecule has 1 N–H and O–H groups in total. The van der Waals surface area contributed by atoms with Crippen LogP contribution in [0.15, 0.2) is 95.9 Å². The number of carbonyl (C=O) groups is 1. The molecule has 0 aliphatic carbocycles. The van der Waals surface area contributed by atoms with Crippen LogP contribution in [0.5, 0.6) is 0 Å². The van der Waals surface area contributed by atoms with Crippen LogP contribution in [0.3, 0.4) is 0 Å². The minimum atomic E-state index is -1.20. The van der Waals surface area contributed by atoms with Crippen LogP contribution < -0.4 is 5.32 Å². The second kappa shape index (κ2) is 10.00. The summed E-state index contributed by atoms with van der Waals surface area (Å²) in [6, 6.07) is 29.0. The van der Waals surface area contributed by atoms with Gasteiger partial charge in [0.1, 0.15) is 0 Å². The molecule has 3 aromatic rings. The fraction of sp³-hybridized carbons (Fsp3) is 0.208. The second-order valence-electron chi connectivity index (χ2n) is 6.69. The predicted octanol–water partition coefficient (Wildman–Crippen LogP) is 4.73. The quantitative estimate of drug-likeness (QED) is 0.604. The standard InChI is InChI=1S/C24H25NO2S/c1-2-19(18-28(27)22-16-10-5-11-17-22)24(26)25-23(20-12-6-3-7-13-20)21-14-8-4-9-15-21/h3-17,19,23H,2,18H2,1H3,(H,25,26). The van der Waals surface area contributed by atoms with Gasteiger partial charge in [-0.3, -0.25) is 9.00 Å². The highest BCUT2D eigenvalue weighted by Crippen LogP contribution is 2.23. The van der Waals surface area contributed by atoms with Gasteiger partial charge >= 0.3 is 0 Å². The lowest BCUT2D eigenvalue weighted by molar-refractivity contribution is -0.124. The average molecular weight is 392 g/mol. The lowest BCUT2D eigenvalue weighted by Crippen LogP contribution is -2.36. The Morgan fingerprint density at radius 1 is 0.821 bits per heavy atom. The Labute approximate surface area is 169 Å². The number of hydrogen-bond acceptors (Lipinski definition) is 2. The summed E-state index contributed by atoms with van der Waals surface area (Å²) >= 11 is 0. The Bertz CT molecular complexity index is 858. The molecule has 3 aromatic carbocycles. The van der Waals surface area contributed by atoms with Crippen LogP contribution in [0.2, 0.25) is 0 Å². The van der Waals surface area contributed by atoms with E-state index in [1.165, 1.54) is 0 Å². The molecule has 0 bridgehead atoms. The van der Waals surface area contributed by atoms with Crippen LogP contribution in [-0.4, -0.2) is 15.9 Å². The van der Waals surface area contributed by atoms with Crippen molar-refractivity contribution in [3.05, 3.63) is 102 Å². The third-order valence-electron chi connectivity index (χ3n) is 4.77. The van der Waals surface area contributed by atoms with Crippen molar-refractivity contribution in [1.29, 1.82) is 0 Å². The van der Waals surface area contributed by atoms with E-state index in [1.807, 2.05) is 97.9 Å². The molecule has 4 heteroatoms. The molecule has 0 aliphatic rings. The highest BCUT2D eigenvalue weighted by atomic mass is 32.2. The maximum absolute atomic E-state index is 13.1. The summed E-state index contributed by atoms with van der Waals surface area (Å²) in [5.41, 5.74) is 2.06. The van der Waals surface area contributed by atoms with Crippen molar-refractivity contribution in [2.45, 2.75) is 24.3 Å². The highest BCUT2D eigenvalue weighted by molar-refractivity contribution is 7.85. The summed E-state index contributed by atoms with van der Waals surface area (Å²) in [5, 5.41) is 3.18. The fourth-order valence-corrected chi connectivity index (χ4v) is 4.55. The number of rotatable bonds is 8. The maximum atomic E-state index is 13.1. The first-order chi connectivity index (χ1) is 13.7. The van der Waals surface area contributed by atoms with Crippen molar-refractivity contribution in [3.63, 3.8) is 0 Å². The van der Waals surface area contributed by atoms with Crippen LogP contribution in [0.25, 0.3) is 0 Å². The summed E-state index contributed by atoms with van der Waals surface area (Å²) in [4.78, 5) is 13.8. The van der Waals surface area contributed by atoms with Crippen LogP contribution in [0.1, 0.15) is 30.5 Å². The first-order valence-electron chi connectivity index (χ1n) is 9.52. The van der Waals surface area contributed by atoms with Gasteiger partial charge in [-0.1, -0.05) is 85.8 Å². The molecule has 0 saturated carbocycles. The van der Waals surface area contributed by atoms with Gasteiger partial charge in [0.25, 0.3) is 0 Å². The Hall–Kier alpha value is -2.72. The molecule has 0 spiro atoms. The Balaban J connectivity index is 1.77.